The molecule has 4 aromatic rings. The normalized spacial score (nSPS) is 12.7. The zero-order valence-electron chi connectivity index (χ0n) is 31.6. The van der Waals surface area contributed by atoms with E-state index in [1.165, 1.54) is 16.2 Å². The molecule has 0 radical (unpaired) electrons. The lowest BCUT2D eigenvalue weighted by atomic mass is 9.95. The maximum Gasteiger partial charge on any atom is 0.335 e. The van der Waals surface area contributed by atoms with Crippen molar-refractivity contribution in [2.45, 2.75) is 64.2 Å². The van der Waals surface area contributed by atoms with E-state index < -0.39 is 17.0 Å². The van der Waals surface area contributed by atoms with Gasteiger partial charge >= 0.3 is 5.97 Å². The molecule has 12 heteroatoms. The van der Waals surface area contributed by atoms with Crippen LogP contribution in [0.5, 0.6) is 0 Å². The van der Waals surface area contributed by atoms with E-state index in [0.29, 0.717) is 29.1 Å². The highest BCUT2D eigenvalue weighted by molar-refractivity contribution is 7.86. The van der Waals surface area contributed by atoms with Gasteiger partial charge in [0.05, 0.1) is 16.0 Å². The number of hydrogen-bond donors (Lipinski definition) is 4. The van der Waals surface area contributed by atoms with Gasteiger partial charge in [-0.25, -0.2) is 9.00 Å². The third kappa shape index (κ3) is 13.1. The fourth-order valence-corrected chi connectivity index (χ4v) is 8.36. The second-order valence-corrected chi connectivity index (χ2v) is 14.7. The zero-order valence-corrected chi connectivity index (χ0v) is 33.3. The van der Waals surface area contributed by atoms with Crippen LogP contribution in [0.2, 0.25) is 0 Å². The van der Waals surface area contributed by atoms with Crippen LogP contribution in [0.15, 0.2) is 114 Å². The summed E-state index contributed by atoms with van der Waals surface area (Å²) in [6.45, 7) is 6.51. The minimum atomic E-state index is -1.25. The summed E-state index contributed by atoms with van der Waals surface area (Å²) in [5.41, 5.74) is 6.61. The van der Waals surface area contributed by atoms with Crippen LogP contribution in [0.25, 0.3) is 0 Å². The molecule has 1 aliphatic rings. The van der Waals surface area contributed by atoms with Gasteiger partial charge in [0.1, 0.15) is 11.3 Å². The maximum absolute atomic E-state index is 12.8. The summed E-state index contributed by atoms with van der Waals surface area (Å²) in [6.07, 6.45) is 16.3. The van der Waals surface area contributed by atoms with Gasteiger partial charge in [0, 0.05) is 36.0 Å². The molecule has 0 spiro atoms. The number of thiophene rings is 1. The molecule has 1 aromatic heterocycles. The SMILES string of the molecule is CCN(c1ccc(C=O)cc1)S(=O)c1cccc(C)c1.CO.C\C=C/C(=C\C=C\NC(=O)c1c(NC=O)sc2c1CCCC2)CCc1ccc(C(=O)O)cc1. The first-order valence-corrected chi connectivity index (χ1v) is 19.8. The van der Waals surface area contributed by atoms with Crippen molar-refractivity contribution in [3.63, 3.8) is 0 Å². The van der Waals surface area contributed by atoms with Crippen molar-refractivity contribution in [1.29, 1.82) is 0 Å². The summed E-state index contributed by atoms with van der Waals surface area (Å²) in [6, 6.07) is 21.7. The summed E-state index contributed by atoms with van der Waals surface area (Å²) in [5, 5.41) is 22.1. The Kier molecular flexibility index (Phi) is 18.7. The standard InChI is InChI=1S/C26H28N2O4S.C16H17NO2S.CH4O/c1-2-6-18(10-11-19-12-14-20(15-13-19)26(31)32)7-5-16-27-24(30)23-21-8-3-4-9-22(21)33-25(23)28-17-29;1-3-17(15-9-7-14(12-18)8-10-15)20(19)16-6-4-5-13(2)11-16;1-2/h2,5-7,12-17H,3-4,8-11H2,1H3,(H,27,30)(H,28,29)(H,31,32);4-12H,3H2,1-2H3;2H,1H3/b6-2-,16-5+,18-7+;;. The average molecular weight is 784 g/mol. The molecule has 0 aliphatic heterocycles. The fraction of sp³-hybridized carbons (Fsp3) is 0.256. The Labute approximate surface area is 329 Å². The predicted octanol–water partition coefficient (Wildman–Crippen LogP) is 8.24. The van der Waals surface area contributed by atoms with Crippen LogP contribution >= 0.6 is 11.3 Å². The van der Waals surface area contributed by atoms with E-state index in [1.54, 1.807) is 36.5 Å². The Morgan fingerprint density at radius 2 is 1.69 bits per heavy atom. The number of fused-ring (bicyclic) bond motifs is 1. The van der Waals surface area contributed by atoms with E-state index >= 15 is 0 Å². The van der Waals surface area contributed by atoms with Gasteiger partial charge in [0.25, 0.3) is 5.91 Å². The van der Waals surface area contributed by atoms with E-state index in [1.807, 2.05) is 91.8 Å². The van der Waals surface area contributed by atoms with Gasteiger partial charge in [0.2, 0.25) is 6.41 Å². The number of rotatable bonds is 15. The lowest BCUT2D eigenvalue weighted by Crippen LogP contribution is -2.25. The second kappa shape index (κ2) is 23.4. The Morgan fingerprint density at radius 1 is 0.982 bits per heavy atom. The van der Waals surface area contributed by atoms with Crippen molar-refractivity contribution in [3.8, 4) is 0 Å². The Morgan fingerprint density at radius 3 is 2.31 bits per heavy atom. The van der Waals surface area contributed by atoms with Crippen LogP contribution in [0.3, 0.4) is 0 Å². The first-order chi connectivity index (χ1) is 26.7. The minimum Gasteiger partial charge on any atom is -0.478 e. The molecule has 2 amide bonds. The van der Waals surface area contributed by atoms with Crippen molar-refractivity contribution >= 4 is 57.6 Å². The quantitative estimate of drug-likeness (QED) is 0.0700. The Balaban J connectivity index is 0.000000315. The van der Waals surface area contributed by atoms with Gasteiger partial charge in [-0.3, -0.25) is 18.7 Å². The number of aryl methyl sites for hydroxylation is 3. The zero-order chi connectivity index (χ0) is 40.2. The molecule has 1 unspecified atom stereocenters. The summed E-state index contributed by atoms with van der Waals surface area (Å²) in [4.78, 5) is 47.4. The first-order valence-electron chi connectivity index (χ1n) is 17.9. The van der Waals surface area contributed by atoms with E-state index in [9.17, 15) is 23.4 Å². The number of carboxylic acids is 1. The summed E-state index contributed by atoms with van der Waals surface area (Å²) < 4.78 is 14.5. The fourth-order valence-electron chi connectivity index (χ4n) is 5.83. The number of anilines is 2. The number of benzene rings is 3. The van der Waals surface area contributed by atoms with E-state index in [-0.39, 0.29) is 11.5 Å². The van der Waals surface area contributed by atoms with Crippen molar-refractivity contribution in [1.82, 2.24) is 5.32 Å². The summed E-state index contributed by atoms with van der Waals surface area (Å²) in [7, 11) is -0.246. The maximum atomic E-state index is 12.8. The highest BCUT2D eigenvalue weighted by Gasteiger charge is 2.25. The van der Waals surface area contributed by atoms with Crippen LogP contribution in [-0.4, -0.2) is 52.6 Å². The minimum absolute atomic E-state index is 0.213. The molecule has 0 bridgehead atoms. The van der Waals surface area contributed by atoms with Crippen LogP contribution in [0, 0.1) is 6.92 Å². The molecular formula is C43H49N3O7S2. The molecule has 0 fully saturated rings. The van der Waals surface area contributed by atoms with Crippen LogP contribution in [0.1, 0.15) is 85.8 Å². The number of aldehydes is 1. The molecule has 1 heterocycles. The van der Waals surface area contributed by atoms with Gasteiger partial charge in [-0.2, -0.15) is 0 Å². The number of aliphatic hydroxyl groups excluding tert-OH is 1. The molecule has 1 aliphatic carbocycles. The molecule has 0 saturated heterocycles. The highest BCUT2D eigenvalue weighted by Crippen LogP contribution is 2.37. The van der Waals surface area contributed by atoms with E-state index in [0.717, 1.165) is 84.8 Å². The molecule has 0 saturated carbocycles. The lowest BCUT2D eigenvalue weighted by Gasteiger charge is -2.22. The number of nitrogens with zero attached hydrogens (tertiary/aromatic N) is 1. The number of aliphatic hydroxyl groups is 1. The summed E-state index contributed by atoms with van der Waals surface area (Å²) in [5.74, 6) is -1.14. The van der Waals surface area contributed by atoms with Gasteiger partial charge in [-0.05, 0) is 136 Å². The van der Waals surface area contributed by atoms with E-state index in [4.69, 9.17) is 10.2 Å². The predicted molar refractivity (Wildman–Crippen MR) is 222 cm³/mol. The molecule has 10 nitrogen and oxygen atoms in total. The molecule has 5 rings (SSSR count). The molecule has 4 N–H and O–H groups in total. The Hall–Kier alpha value is -5.43. The van der Waals surface area contributed by atoms with Crippen molar-refractivity contribution in [2.75, 3.05) is 23.3 Å². The third-order valence-corrected chi connectivity index (χ3v) is 11.2. The van der Waals surface area contributed by atoms with Gasteiger partial charge in [0.15, 0.2) is 11.0 Å². The average Bonchev–Trinajstić information content (AvgIpc) is 3.58. The largest absolute Gasteiger partial charge is 0.478 e. The molecule has 290 valence electrons. The molecule has 55 heavy (non-hydrogen) atoms. The van der Waals surface area contributed by atoms with Crippen molar-refractivity contribution < 1.29 is 33.6 Å². The summed E-state index contributed by atoms with van der Waals surface area (Å²) >= 11 is 1.49. The van der Waals surface area contributed by atoms with Gasteiger partial charge in [-0.1, -0.05) is 42.5 Å². The Bertz CT molecular complexity index is 2000. The number of nitrogens with one attached hydrogen (secondary N) is 2. The number of hydrogen-bond acceptors (Lipinski definition) is 7. The van der Waals surface area contributed by atoms with Crippen LogP contribution in [0.4, 0.5) is 10.7 Å². The smallest absolute Gasteiger partial charge is 0.335 e. The van der Waals surface area contributed by atoms with Crippen LogP contribution in [-0.2, 0) is 35.0 Å². The number of allylic oxidation sites excluding steroid dienone is 5. The van der Waals surface area contributed by atoms with Crippen molar-refractivity contribution in [2.24, 2.45) is 0 Å². The topological polar surface area (TPSA) is 153 Å². The first kappa shape index (κ1) is 44.0. The number of carbonyl (C=O) groups excluding carboxylic acids is 3. The lowest BCUT2D eigenvalue weighted by molar-refractivity contribution is -0.105. The number of aromatic carboxylic acids is 1. The van der Waals surface area contributed by atoms with E-state index in [2.05, 4.69) is 10.6 Å². The monoisotopic (exact) mass is 783 g/mol. The van der Waals surface area contributed by atoms with Gasteiger partial charge in [-0.15, -0.1) is 11.3 Å². The molecular weight excluding hydrogens is 735 g/mol. The molecule has 3 aromatic carbocycles. The number of carboxylic acid groups (broad SMARTS) is 1. The van der Waals surface area contributed by atoms with Crippen molar-refractivity contribution in [3.05, 3.63) is 147 Å². The highest BCUT2D eigenvalue weighted by atomic mass is 32.2. The second-order valence-electron chi connectivity index (χ2n) is 12.2. The number of amides is 2. The van der Waals surface area contributed by atoms with Gasteiger partial charge < -0.3 is 20.8 Å². The van der Waals surface area contributed by atoms with Crippen LogP contribution < -0.4 is 14.9 Å². The third-order valence-electron chi connectivity index (χ3n) is 8.49. The molecule has 1 atom stereocenters. The number of carbonyl (C=O) groups is 4.